The first-order chi connectivity index (χ1) is 9.56. The molecule has 0 aromatic heterocycles. The van der Waals surface area contributed by atoms with Crippen molar-refractivity contribution in [1.82, 2.24) is 4.72 Å². The van der Waals surface area contributed by atoms with Gasteiger partial charge in [0.1, 0.15) is 6.04 Å². The molecule has 0 heterocycles. The molecule has 0 fully saturated rings. The first-order valence-corrected chi connectivity index (χ1v) is 7.54. The van der Waals surface area contributed by atoms with E-state index in [2.05, 4.69) is 4.72 Å². The number of nitro benzene ring substituents is 1. The number of aryl methyl sites for hydroxylation is 1. The number of aliphatic carboxylic acids is 1. The molecular formula is C12H16N2O6S. The largest absolute Gasteiger partial charge is 0.480 e. The Hall–Kier alpha value is -2.00. The average Bonchev–Trinajstić information content (AvgIpc) is 2.34. The number of carbonyl (C=O) groups is 1. The van der Waals surface area contributed by atoms with Crippen LogP contribution in [-0.4, -0.2) is 30.5 Å². The molecule has 0 saturated heterocycles. The summed E-state index contributed by atoms with van der Waals surface area (Å²) in [7, 11) is -4.08. The quantitative estimate of drug-likeness (QED) is 0.601. The predicted molar refractivity (Wildman–Crippen MR) is 74.4 cm³/mol. The highest BCUT2D eigenvalue weighted by Gasteiger charge is 2.29. The maximum Gasteiger partial charge on any atom is 0.322 e. The molecule has 8 nitrogen and oxygen atoms in total. The van der Waals surface area contributed by atoms with E-state index in [1.54, 1.807) is 13.8 Å². The summed E-state index contributed by atoms with van der Waals surface area (Å²) in [4.78, 5) is 20.9. The van der Waals surface area contributed by atoms with Gasteiger partial charge in [0.25, 0.3) is 5.69 Å². The molecule has 0 bridgehead atoms. The summed E-state index contributed by atoms with van der Waals surface area (Å²) in [5.41, 5.74) is -0.0605. The minimum Gasteiger partial charge on any atom is -0.480 e. The van der Waals surface area contributed by atoms with Gasteiger partial charge in [-0.3, -0.25) is 14.9 Å². The van der Waals surface area contributed by atoms with Crippen LogP contribution in [0.3, 0.4) is 0 Å². The van der Waals surface area contributed by atoms with Crippen LogP contribution in [0.2, 0.25) is 0 Å². The minimum atomic E-state index is -4.08. The van der Waals surface area contributed by atoms with Gasteiger partial charge in [-0.05, 0) is 24.5 Å². The van der Waals surface area contributed by atoms with Crippen LogP contribution >= 0.6 is 0 Å². The minimum absolute atomic E-state index is 0.171. The van der Waals surface area contributed by atoms with Crippen LogP contribution in [0.5, 0.6) is 0 Å². The lowest BCUT2D eigenvalue weighted by molar-refractivity contribution is -0.385. The van der Waals surface area contributed by atoms with Gasteiger partial charge in [0.2, 0.25) is 10.0 Å². The lowest BCUT2D eigenvalue weighted by Crippen LogP contribution is -2.44. The number of rotatable bonds is 6. The Kier molecular flexibility index (Phi) is 5.02. The van der Waals surface area contributed by atoms with E-state index in [1.165, 1.54) is 6.92 Å². The summed E-state index contributed by atoms with van der Waals surface area (Å²) in [6, 6.07) is 2.01. The molecule has 0 amide bonds. The first kappa shape index (κ1) is 17.1. The number of nitro groups is 1. The maximum atomic E-state index is 12.2. The van der Waals surface area contributed by atoms with Crippen molar-refractivity contribution >= 4 is 21.7 Å². The van der Waals surface area contributed by atoms with E-state index >= 15 is 0 Å². The average molecular weight is 316 g/mol. The molecule has 0 aliphatic rings. The predicted octanol–water partition coefficient (Wildman–Crippen LogP) is 1.29. The van der Waals surface area contributed by atoms with Crippen molar-refractivity contribution in [2.24, 2.45) is 5.92 Å². The molecular weight excluding hydrogens is 300 g/mol. The molecule has 1 atom stereocenters. The molecule has 0 radical (unpaired) electrons. The van der Waals surface area contributed by atoms with Gasteiger partial charge in [-0.25, -0.2) is 8.42 Å². The Balaban J connectivity index is 3.19. The van der Waals surface area contributed by atoms with Crippen molar-refractivity contribution < 1.29 is 23.2 Å². The van der Waals surface area contributed by atoms with Crippen molar-refractivity contribution in [3.8, 4) is 0 Å². The van der Waals surface area contributed by atoms with Crippen LogP contribution in [0.1, 0.15) is 19.4 Å². The number of nitrogens with one attached hydrogen (secondary N) is 1. The Morgan fingerprint density at radius 2 is 1.95 bits per heavy atom. The third-order valence-corrected chi connectivity index (χ3v) is 4.48. The Labute approximate surface area is 122 Å². The first-order valence-electron chi connectivity index (χ1n) is 6.06. The number of benzene rings is 1. The molecule has 0 spiro atoms. The van der Waals surface area contributed by atoms with Gasteiger partial charge in [0.05, 0.1) is 9.82 Å². The van der Waals surface area contributed by atoms with Gasteiger partial charge >= 0.3 is 5.97 Å². The third-order valence-electron chi connectivity index (χ3n) is 2.87. The SMILES string of the molecule is Cc1cc([N+](=O)[O-])ccc1S(=O)(=O)N[C@@H](C(=O)O)C(C)C. The third kappa shape index (κ3) is 3.99. The van der Waals surface area contributed by atoms with Crippen LogP contribution in [0.4, 0.5) is 5.69 Å². The molecule has 1 aromatic carbocycles. The van der Waals surface area contributed by atoms with Crippen molar-refractivity contribution in [2.45, 2.75) is 31.7 Å². The molecule has 1 aromatic rings. The van der Waals surface area contributed by atoms with Gasteiger partial charge in [-0.15, -0.1) is 0 Å². The van der Waals surface area contributed by atoms with E-state index < -0.39 is 32.9 Å². The summed E-state index contributed by atoms with van der Waals surface area (Å²) in [6.07, 6.45) is 0. The zero-order chi connectivity index (χ0) is 16.4. The number of nitrogens with zero attached hydrogens (tertiary/aromatic N) is 1. The summed E-state index contributed by atoms with van der Waals surface area (Å²) < 4.78 is 26.5. The second kappa shape index (κ2) is 6.19. The second-order valence-electron chi connectivity index (χ2n) is 4.89. The normalized spacial score (nSPS) is 13.1. The topological polar surface area (TPSA) is 127 Å². The monoisotopic (exact) mass is 316 g/mol. The van der Waals surface area contributed by atoms with E-state index in [9.17, 15) is 23.3 Å². The molecule has 0 aliphatic carbocycles. The number of hydrogen-bond acceptors (Lipinski definition) is 5. The fourth-order valence-electron chi connectivity index (χ4n) is 1.75. The van der Waals surface area contributed by atoms with E-state index in [1.807, 2.05) is 0 Å². The summed E-state index contributed by atoms with van der Waals surface area (Å²) in [6.45, 7) is 4.56. The highest BCUT2D eigenvalue weighted by atomic mass is 32.2. The van der Waals surface area contributed by atoms with Crippen molar-refractivity contribution in [2.75, 3.05) is 0 Å². The fourth-order valence-corrected chi connectivity index (χ4v) is 3.32. The maximum absolute atomic E-state index is 12.2. The lowest BCUT2D eigenvalue weighted by Gasteiger charge is -2.18. The fraction of sp³-hybridized carbons (Fsp3) is 0.417. The molecule has 9 heteroatoms. The van der Waals surface area contributed by atoms with Crippen LogP contribution < -0.4 is 4.72 Å². The van der Waals surface area contributed by atoms with Crippen LogP contribution in [-0.2, 0) is 14.8 Å². The molecule has 116 valence electrons. The Bertz CT molecular complexity index is 668. The number of hydrogen-bond donors (Lipinski definition) is 2. The highest BCUT2D eigenvalue weighted by molar-refractivity contribution is 7.89. The molecule has 2 N–H and O–H groups in total. The number of sulfonamides is 1. The number of non-ortho nitro benzene ring substituents is 1. The van der Waals surface area contributed by atoms with Crippen molar-refractivity contribution in [3.05, 3.63) is 33.9 Å². The molecule has 0 saturated carbocycles. The Morgan fingerprint density at radius 1 is 1.38 bits per heavy atom. The zero-order valence-electron chi connectivity index (χ0n) is 11.7. The van der Waals surface area contributed by atoms with E-state index in [-0.39, 0.29) is 16.1 Å². The van der Waals surface area contributed by atoms with Gasteiger partial charge in [0, 0.05) is 12.1 Å². The summed E-state index contributed by atoms with van der Waals surface area (Å²) in [5, 5.41) is 19.7. The second-order valence-corrected chi connectivity index (χ2v) is 6.57. The van der Waals surface area contributed by atoms with Gasteiger partial charge in [-0.1, -0.05) is 13.8 Å². The summed E-state index contributed by atoms with van der Waals surface area (Å²) in [5.74, 6) is -1.73. The molecule has 0 aliphatic heterocycles. The molecule has 21 heavy (non-hydrogen) atoms. The van der Waals surface area contributed by atoms with Gasteiger partial charge in [-0.2, -0.15) is 4.72 Å². The standard InChI is InChI=1S/C12H16N2O6S/c1-7(2)11(12(15)16)13-21(19,20)10-5-4-9(14(17)18)6-8(10)3/h4-7,11,13H,1-3H3,(H,15,16)/t11-/m1/s1. The number of carboxylic acid groups (broad SMARTS) is 1. The van der Waals surface area contributed by atoms with E-state index in [0.717, 1.165) is 18.2 Å². The van der Waals surface area contributed by atoms with Crippen molar-refractivity contribution in [3.63, 3.8) is 0 Å². The van der Waals surface area contributed by atoms with Crippen LogP contribution in [0.25, 0.3) is 0 Å². The van der Waals surface area contributed by atoms with Crippen molar-refractivity contribution in [1.29, 1.82) is 0 Å². The zero-order valence-corrected chi connectivity index (χ0v) is 12.5. The molecule has 1 rings (SSSR count). The van der Waals surface area contributed by atoms with E-state index in [4.69, 9.17) is 5.11 Å². The number of carboxylic acids is 1. The Morgan fingerprint density at radius 3 is 2.33 bits per heavy atom. The highest BCUT2D eigenvalue weighted by Crippen LogP contribution is 2.21. The lowest BCUT2D eigenvalue weighted by atomic mass is 10.1. The van der Waals surface area contributed by atoms with Gasteiger partial charge < -0.3 is 5.11 Å². The van der Waals surface area contributed by atoms with Crippen LogP contribution in [0, 0.1) is 23.0 Å². The summed E-state index contributed by atoms with van der Waals surface area (Å²) >= 11 is 0. The van der Waals surface area contributed by atoms with Crippen LogP contribution in [0.15, 0.2) is 23.1 Å². The van der Waals surface area contributed by atoms with E-state index in [0.29, 0.717) is 0 Å². The molecule has 0 unspecified atom stereocenters. The smallest absolute Gasteiger partial charge is 0.322 e. The van der Waals surface area contributed by atoms with Gasteiger partial charge in [0.15, 0.2) is 0 Å².